The van der Waals surface area contributed by atoms with Crippen molar-refractivity contribution in [3.05, 3.63) is 99.9 Å². The molecule has 3 aromatic rings. The van der Waals surface area contributed by atoms with Crippen LogP contribution in [0.5, 0.6) is 5.75 Å². The molecule has 0 fully saturated rings. The predicted octanol–water partition coefficient (Wildman–Crippen LogP) is 4.68. The Hall–Kier alpha value is -3.45. The Morgan fingerprint density at radius 1 is 1.12 bits per heavy atom. The first-order valence-corrected chi connectivity index (χ1v) is 11.7. The third-order valence-electron chi connectivity index (χ3n) is 5.72. The number of aliphatic imine (C=N–C) groups is 1. The molecule has 6 nitrogen and oxygen atoms in total. The van der Waals surface area contributed by atoms with Crippen molar-refractivity contribution in [2.75, 3.05) is 24.6 Å². The quantitative estimate of drug-likeness (QED) is 0.550. The molecular formula is C26H23BrN4O2. The predicted molar refractivity (Wildman–Crippen MR) is 133 cm³/mol. The Morgan fingerprint density at radius 3 is 2.61 bits per heavy atom. The van der Waals surface area contributed by atoms with Gasteiger partial charge in [0.2, 0.25) is 0 Å². The Balaban J connectivity index is 1.66. The molecule has 3 heterocycles. The molecule has 0 spiro atoms. The van der Waals surface area contributed by atoms with Gasteiger partial charge >= 0.3 is 0 Å². The molecule has 1 atom stereocenters. The summed E-state index contributed by atoms with van der Waals surface area (Å²) in [6.45, 7) is 3.73. The fourth-order valence-electron chi connectivity index (χ4n) is 4.32. The highest BCUT2D eigenvalue weighted by atomic mass is 79.9. The SMILES string of the molecule is CCOc1ccc(N2C(=O)C3=C(C(c4ccc(Br)cc4)=NCCN3)[C@H]2c2cccnc2)cc1. The summed E-state index contributed by atoms with van der Waals surface area (Å²) in [6, 6.07) is 19.2. The number of aromatic nitrogens is 1. The molecule has 0 unspecified atom stereocenters. The van der Waals surface area contributed by atoms with E-state index >= 15 is 0 Å². The molecule has 7 heteroatoms. The molecule has 166 valence electrons. The van der Waals surface area contributed by atoms with E-state index in [4.69, 9.17) is 9.73 Å². The average molecular weight is 503 g/mol. The lowest BCUT2D eigenvalue weighted by Gasteiger charge is -2.28. The molecule has 2 aliphatic heterocycles. The monoisotopic (exact) mass is 502 g/mol. The van der Waals surface area contributed by atoms with Gasteiger partial charge in [-0.05, 0) is 55.0 Å². The first-order chi connectivity index (χ1) is 16.2. The molecule has 1 amide bonds. The lowest BCUT2D eigenvalue weighted by Crippen LogP contribution is -2.33. The van der Waals surface area contributed by atoms with Crippen molar-refractivity contribution in [3.63, 3.8) is 0 Å². The standard InChI is InChI=1S/C26H23BrN4O2/c1-2-33-21-11-9-20(10-12-21)31-25(18-4-3-13-28-16-18)22-23(17-5-7-19(27)8-6-17)29-14-15-30-24(22)26(31)32/h3-13,16,25,30H,2,14-15H2,1H3/t25-/m1/s1. The maximum Gasteiger partial charge on any atom is 0.275 e. The smallest absolute Gasteiger partial charge is 0.275 e. The van der Waals surface area contributed by atoms with Crippen molar-refractivity contribution in [1.29, 1.82) is 0 Å². The zero-order chi connectivity index (χ0) is 22.8. The maximum absolute atomic E-state index is 13.8. The molecule has 0 radical (unpaired) electrons. The van der Waals surface area contributed by atoms with Crippen LogP contribution >= 0.6 is 15.9 Å². The molecule has 2 aromatic carbocycles. The lowest BCUT2D eigenvalue weighted by molar-refractivity contribution is -0.115. The summed E-state index contributed by atoms with van der Waals surface area (Å²) in [5, 5.41) is 3.36. The first-order valence-electron chi connectivity index (χ1n) is 10.9. The number of amides is 1. The lowest BCUT2D eigenvalue weighted by atomic mass is 9.92. The number of anilines is 1. The fourth-order valence-corrected chi connectivity index (χ4v) is 4.58. The maximum atomic E-state index is 13.8. The number of ether oxygens (including phenoxy) is 1. The largest absolute Gasteiger partial charge is 0.494 e. The van der Waals surface area contributed by atoms with Gasteiger partial charge in [-0.15, -0.1) is 0 Å². The van der Waals surface area contributed by atoms with Gasteiger partial charge in [-0.2, -0.15) is 0 Å². The number of hydrogen-bond acceptors (Lipinski definition) is 5. The highest BCUT2D eigenvalue weighted by molar-refractivity contribution is 9.10. The summed E-state index contributed by atoms with van der Waals surface area (Å²) < 4.78 is 6.59. The van der Waals surface area contributed by atoms with E-state index in [2.05, 4.69) is 26.2 Å². The van der Waals surface area contributed by atoms with Gasteiger partial charge in [0.05, 0.1) is 24.9 Å². The number of pyridine rings is 1. The second-order valence-corrected chi connectivity index (χ2v) is 8.66. The van der Waals surface area contributed by atoms with E-state index in [1.165, 1.54) is 0 Å². The molecule has 0 saturated heterocycles. The van der Waals surface area contributed by atoms with Gasteiger partial charge in [0.1, 0.15) is 11.4 Å². The van der Waals surface area contributed by atoms with Crippen molar-refractivity contribution in [2.45, 2.75) is 13.0 Å². The van der Waals surface area contributed by atoms with Crippen molar-refractivity contribution < 1.29 is 9.53 Å². The first kappa shape index (κ1) is 21.4. The molecule has 0 bridgehead atoms. The number of rotatable bonds is 5. The number of nitrogens with zero attached hydrogens (tertiary/aromatic N) is 3. The number of nitrogens with one attached hydrogen (secondary N) is 1. The molecule has 0 aliphatic carbocycles. The summed E-state index contributed by atoms with van der Waals surface area (Å²) in [5.41, 5.74) is 5.00. The van der Waals surface area contributed by atoms with E-state index in [9.17, 15) is 4.79 Å². The number of carbonyl (C=O) groups excluding carboxylic acids is 1. The number of hydrogen-bond donors (Lipinski definition) is 1. The van der Waals surface area contributed by atoms with Crippen LogP contribution in [0.25, 0.3) is 0 Å². The Bertz CT molecular complexity index is 1220. The van der Waals surface area contributed by atoms with Crippen LogP contribution in [0.3, 0.4) is 0 Å². The van der Waals surface area contributed by atoms with Crippen LogP contribution in [0.2, 0.25) is 0 Å². The van der Waals surface area contributed by atoms with Gasteiger partial charge in [-0.1, -0.05) is 34.1 Å². The molecule has 1 aromatic heterocycles. The Labute approximate surface area is 201 Å². The van der Waals surface area contributed by atoms with E-state index in [0.717, 1.165) is 38.3 Å². The minimum atomic E-state index is -0.354. The molecule has 33 heavy (non-hydrogen) atoms. The van der Waals surface area contributed by atoms with Crippen LogP contribution in [0.15, 0.2) is 93.8 Å². The Kier molecular flexibility index (Phi) is 5.96. The molecule has 2 aliphatic rings. The van der Waals surface area contributed by atoms with Crippen LogP contribution in [-0.2, 0) is 4.79 Å². The zero-order valence-corrected chi connectivity index (χ0v) is 19.7. The second-order valence-electron chi connectivity index (χ2n) is 7.74. The molecule has 5 rings (SSSR count). The van der Waals surface area contributed by atoms with E-state index < -0.39 is 0 Å². The third-order valence-corrected chi connectivity index (χ3v) is 6.24. The molecule has 1 N–H and O–H groups in total. The highest BCUT2D eigenvalue weighted by Gasteiger charge is 2.44. The van der Waals surface area contributed by atoms with Crippen LogP contribution in [0.4, 0.5) is 5.69 Å². The van der Waals surface area contributed by atoms with Gasteiger partial charge in [-0.3, -0.25) is 19.7 Å². The molecular weight excluding hydrogens is 480 g/mol. The Morgan fingerprint density at radius 2 is 1.91 bits per heavy atom. The van der Waals surface area contributed by atoms with E-state index in [1.54, 1.807) is 6.20 Å². The highest BCUT2D eigenvalue weighted by Crippen LogP contribution is 2.42. The van der Waals surface area contributed by atoms with E-state index in [-0.39, 0.29) is 11.9 Å². The van der Waals surface area contributed by atoms with Crippen molar-refractivity contribution in [3.8, 4) is 5.75 Å². The summed E-state index contributed by atoms with van der Waals surface area (Å²) in [4.78, 5) is 24.9. The zero-order valence-electron chi connectivity index (χ0n) is 18.2. The number of benzene rings is 2. The van der Waals surface area contributed by atoms with Crippen molar-refractivity contribution >= 4 is 33.2 Å². The van der Waals surface area contributed by atoms with Gasteiger partial charge in [-0.25, -0.2) is 0 Å². The fraction of sp³-hybridized carbons (Fsp3) is 0.192. The van der Waals surface area contributed by atoms with Gasteiger partial charge in [0.15, 0.2) is 0 Å². The van der Waals surface area contributed by atoms with Gasteiger partial charge in [0, 0.05) is 40.2 Å². The molecule has 0 saturated carbocycles. The van der Waals surface area contributed by atoms with E-state index in [0.29, 0.717) is 25.4 Å². The summed E-state index contributed by atoms with van der Waals surface area (Å²) in [7, 11) is 0. The summed E-state index contributed by atoms with van der Waals surface area (Å²) >= 11 is 3.51. The minimum absolute atomic E-state index is 0.0743. The summed E-state index contributed by atoms with van der Waals surface area (Å²) in [5.74, 6) is 0.699. The van der Waals surface area contributed by atoms with Crippen LogP contribution in [0.1, 0.15) is 24.1 Å². The summed E-state index contributed by atoms with van der Waals surface area (Å²) in [6.07, 6.45) is 3.56. The van der Waals surface area contributed by atoms with Crippen molar-refractivity contribution in [2.24, 2.45) is 4.99 Å². The van der Waals surface area contributed by atoms with Gasteiger partial charge < -0.3 is 10.1 Å². The normalized spacial score (nSPS) is 17.9. The second kappa shape index (κ2) is 9.19. The topological polar surface area (TPSA) is 66.8 Å². The van der Waals surface area contributed by atoms with Crippen LogP contribution in [-0.4, -0.2) is 36.3 Å². The number of halogens is 1. The van der Waals surface area contributed by atoms with Gasteiger partial charge in [0.25, 0.3) is 5.91 Å². The van der Waals surface area contributed by atoms with Crippen molar-refractivity contribution in [1.82, 2.24) is 10.3 Å². The number of carbonyl (C=O) groups is 1. The third kappa shape index (κ3) is 4.04. The average Bonchev–Trinajstić information content (AvgIpc) is 2.98. The van der Waals surface area contributed by atoms with Crippen LogP contribution in [0, 0.1) is 0 Å². The minimum Gasteiger partial charge on any atom is -0.494 e. The van der Waals surface area contributed by atoms with E-state index in [1.807, 2.05) is 78.7 Å². The van der Waals surface area contributed by atoms with Crippen LogP contribution < -0.4 is 15.0 Å².